The molecule has 1 N–H and O–H groups in total. The number of benzene rings is 1. The second-order valence-corrected chi connectivity index (χ2v) is 3.85. The summed E-state index contributed by atoms with van der Waals surface area (Å²) in [5, 5.41) is 1.34. The Bertz CT molecular complexity index is 429. The van der Waals surface area contributed by atoms with Crippen molar-refractivity contribution in [2.45, 2.75) is 13.8 Å². The lowest BCUT2D eigenvalue weighted by Crippen LogP contribution is -1.74. The Morgan fingerprint density at radius 3 is 2.67 bits per heavy atom. The van der Waals surface area contributed by atoms with Crippen LogP contribution in [0.3, 0.4) is 0 Å². The highest BCUT2D eigenvalue weighted by Crippen LogP contribution is 2.27. The molecule has 62 valence electrons. The van der Waals surface area contributed by atoms with Gasteiger partial charge in [0.15, 0.2) is 0 Å². The largest absolute Gasteiger partial charge is 0.349 e. The Morgan fingerprint density at radius 1 is 1.25 bits per heavy atom. The van der Waals surface area contributed by atoms with Gasteiger partial charge >= 0.3 is 0 Å². The summed E-state index contributed by atoms with van der Waals surface area (Å²) in [6, 6.07) is 6.30. The Kier molecular flexibility index (Phi) is 1.72. The van der Waals surface area contributed by atoms with Gasteiger partial charge in [-0.05, 0) is 47.0 Å². The standard InChI is InChI=1S/C10H10BrN/c1-6-4-3-5-8-9(6)7(2)10(11)12-8/h3-5,12H,1-2H3. The molecule has 0 aliphatic heterocycles. The number of aryl methyl sites for hydroxylation is 2. The van der Waals surface area contributed by atoms with Crippen LogP contribution >= 0.6 is 15.9 Å². The molecule has 0 aliphatic rings. The van der Waals surface area contributed by atoms with E-state index in [0.717, 1.165) is 4.60 Å². The average Bonchev–Trinajstić information content (AvgIpc) is 2.29. The van der Waals surface area contributed by atoms with Crippen molar-refractivity contribution in [1.82, 2.24) is 4.98 Å². The van der Waals surface area contributed by atoms with Crippen LogP contribution in [0.1, 0.15) is 11.1 Å². The number of nitrogens with one attached hydrogen (secondary N) is 1. The molecule has 2 rings (SSSR count). The van der Waals surface area contributed by atoms with Gasteiger partial charge in [-0.1, -0.05) is 12.1 Å². The highest BCUT2D eigenvalue weighted by molar-refractivity contribution is 9.10. The normalized spacial score (nSPS) is 10.9. The molecule has 12 heavy (non-hydrogen) atoms. The van der Waals surface area contributed by atoms with E-state index in [1.807, 2.05) is 0 Å². The second kappa shape index (κ2) is 2.63. The Hall–Kier alpha value is -0.760. The molecule has 0 fully saturated rings. The first kappa shape index (κ1) is 7.87. The van der Waals surface area contributed by atoms with E-state index in [9.17, 15) is 0 Å². The van der Waals surface area contributed by atoms with Gasteiger partial charge in [-0.25, -0.2) is 0 Å². The lowest BCUT2D eigenvalue weighted by Gasteiger charge is -1.95. The van der Waals surface area contributed by atoms with Gasteiger partial charge in [-0.15, -0.1) is 0 Å². The summed E-state index contributed by atoms with van der Waals surface area (Å²) < 4.78 is 1.09. The predicted molar refractivity (Wildman–Crippen MR) is 55.5 cm³/mol. The van der Waals surface area contributed by atoms with Crippen LogP contribution in [0.15, 0.2) is 22.8 Å². The van der Waals surface area contributed by atoms with Gasteiger partial charge in [0, 0.05) is 10.9 Å². The van der Waals surface area contributed by atoms with E-state index < -0.39 is 0 Å². The molecular formula is C10H10BrN. The molecule has 2 heteroatoms. The first-order valence-corrected chi connectivity index (χ1v) is 4.73. The predicted octanol–water partition coefficient (Wildman–Crippen LogP) is 3.55. The zero-order valence-corrected chi connectivity index (χ0v) is 8.70. The third-order valence-corrected chi connectivity index (χ3v) is 3.01. The minimum Gasteiger partial charge on any atom is -0.349 e. The van der Waals surface area contributed by atoms with Gasteiger partial charge in [-0.2, -0.15) is 0 Å². The Labute approximate surface area is 79.9 Å². The van der Waals surface area contributed by atoms with E-state index in [1.54, 1.807) is 0 Å². The molecular weight excluding hydrogens is 214 g/mol. The van der Waals surface area contributed by atoms with Gasteiger partial charge < -0.3 is 4.98 Å². The molecule has 0 radical (unpaired) electrons. The van der Waals surface area contributed by atoms with Crippen LogP contribution in [-0.4, -0.2) is 4.98 Å². The molecule has 0 amide bonds. The highest BCUT2D eigenvalue weighted by atomic mass is 79.9. The molecule has 1 heterocycles. The number of aromatic amines is 1. The lowest BCUT2D eigenvalue weighted by atomic mass is 10.1. The maximum Gasteiger partial charge on any atom is 0.0860 e. The molecule has 0 saturated heterocycles. The monoisotopic (exact) mass is 223 g/mol. The number of hydrogen-bond donors (Lipinski definition) is 1. The van der Waals surface area contributed by atoms with Crippen molar-refractivity contribution in [3.05, 3.63) is 33.9 Å². The minimum atomic E-state index is 1.09. The van der Waals surface area contributed by atoms with Crippen molar-refractivity contribution in [3.63, 3.8) is 0 Å². The minimum absolute atomic E-state index is 1.09. The van der Waals surface area contributed by atoms with Crippen LogP contribution in [0.25, 0.3) is 10.9 Å². The molecule has 1 aromatic heterocycles. The SMILES string of the molecule is Cc1cccc2[nH]c(Br)c(C)c12. The van der Waals surface area contributed by atoms with Crippen LogP contribution in [-0.2, 0) is 0 Å². The lowest BCUT2D eigenvalue weighted by molar-refractivity contribution is 1.36. The number of rotatable bonds is 0. The van der Waals surface area contributed by atoms with Gasteiger partial charge in [0.25, 0.3) is 0 Å². The van der Waals surface area contributed by atoms with E-state index in [0.29, 0.717) is 0 Å². The molecule has 0 unspecified atom stereocenters. The zero-order valence-electron chi connectivity index (χ0n) is 7.11. The zero-order chi connectivity index (χ0) is 8.72. The highest BCUT2D eigenvalue weighted by Gasteiger charge is 2.05. The van der Waals surface area contributed by atoms with Crippen LogP contribution in [0, 0.1) is 13.8 Å². The molecule has 0 aliphatic carbocycles. The summed E-state index contributed by atoms with van der Waals surface area (Å²) in [5.41, 5.74) is 3.83. The smallest absolute Gasteiger partial charge is 0.0860 e. The third kappa shape index (κ3) is 0.985. The molecule has 0 saturated carbocycles. The second-order valence-electron chi connectivity index (χ2n) is 3.06. The molecule has 0 spiro atoms. The Balaban J connectivity index is 2.97. The summed E-state index contributed by atoms with van der Waals surface area (Å²) >= 11 is 3.49. The van der Waals surface area contributed by atoms with Crippen molar-refractivity contribution < 1.29 is 0 Å². The van der Waals surface area contributed by atoms with Crippen molar-refractivity contribution in [2.24, 2.45) is 0 Å². The van der Waals surface area contributed by atoms with Crippen LogP contribution in [0.2, 0.25) is 0 Å². The summed E-state index contributed by atoms with van der Waals surface area (Å²) in [6.07, 6.45) is 0. The molecule has 0 bridgehead atoms. The van der Waals surface area contributed by atoms with Gasteiger partial charge in [0.1, 0.15) is 0 Å². The maximum absolute atomic E-state index is 3.49. The number of H-pyrrole nitrogens is 1. The Morgan fingerprint density at radius 2 is 2.00 bits per heavy atom. The van der Waals surface area contributed by atoms with E-state index >= 15 is 0 Å². The van der Waals surface area contributed by atoms with E-state index in [2.05, 4.69) is 53.0 Å². The van der Waals surface area contributed by atoms with Gasteiger partial charge in [-0.3, -0.25) is 0 Å². The number of halogens is 1. The van der Waals surface area contributed by atoms with Crippen molar-refractivity contribution in [2.75, 3.05) is 0 Å². The summed E-state index contributed by atoms with van der Waals surface area (Å²) in [4.78, 5) is 3.28. The topological polar surface area (TPSA) is 15.8 Å². The maximum atomic E-state index is 3.49. The number of aromatic nitrogens is 1. The van der Waals surface area contributed by atoms with Crippen molar-refractivity contribution in [3.8, 4) is 0 Å². The first-order valence-electron chi connectivity index (χ1n) is 3.93. The fraction of sp³-hybridized carbons (Fsp3) is 0.200. The van der Waals surface area contributed by atoms with Crippen molar-refractivity contribution >= 4 is 26.8 Å². The van der Waals surface area contributed by atoms with Gasteiger partial charge in [0.05, 0.1) is 4.60 Å². The molecule has 1 nitrogen and oxygen atoms in total. The average molecular weight is 224 g/mol. The molecule has 0 atom stereocenters. The van der Waals surface area contributed by atoms with Crippen molar-refractivity contribution in [1.29, 1.82) is 0 Å². The summed E-state index contributed by atoms with van der Waals surface area (Å²) in [6.45, 7) is 4.26. The molecule has 2 aromatic rings. The number of hydrogen-bond acceptors (Lipinski definition) is 0. The van der Waals surface area contributed by atoms with E-state index in [-0.39, 0.29) is 0 Å². The van der Waals surface area contributed by atoms with Crippen LogP contribution in [0.5, 0.6) is 0 Å². The quantitative estimate of drug-likeness (QED) is 0.704. The summed E-state index contributed by atoms with van der Waals surface area (Å²) in [7, 11) is 0. The first-order chi connectivity index (χ1) is 5.70. The van der Waals surface area contributed by atoms with Gasteiger partial charge in [0.2, 0.25) is 0 Å². The fourth-order valence-electron chi connectivity index (χ4n) is 1.59. The molecule has 1 aromatic carbocycles. The van der Waals surface area contributed by atoms with E-state index in [1.165, 1.54) is 22.0 Å². The fourth-order valence-corrected chi connectivity index (χ4v) is 2.00. The van der Waals surface area contributed by atoms with Crippen LogP contribution < -0.4 is 0 Å². The van der Waals surface area contributed by atoms with E-state index in [4.69, 9.17) is 0 Å². The third-order valence-electron chi connectivity index (χ3n) is 2.22. The number of fused-ring (bicyclic) bond motifs is 1. The van der Waals surface area contributed by atoms with Crippen LogP contribution in [0.4, 0.5) is 0 Å². The summed E-state index contributed by atoms with van der Waals surface area (Å²) in [5.74, 6) is 0.